The summed E-state index contributed by atoms with van der Waals surface area (Å²) in [5.74, 6) is 0.565. The van der Waals surface area contributed by atoms with Gasteiger partial charge in [0.25, 0.3) is 0 Å². The van der Waals surface area contributed by atoms with Crippen molar-refractivity contribution in [1.29, 1.82) is 0 Å². The third kappa shape index (κ3) is 2.65. The van der Waals surface area contributed by atoms with Gasteiger partial charge in [0.2, 0.25) is 0 Å². The first-order valence-electron chi connectivity index (χ1n) is 6.53. The predicted octanol–water partition coefficient (Wildman–Crippen LogP) is 1.04. The summed E-state index contributed by atoms with van der Waals surface area (Å²) in [4.78, 5) is 34.6. The van der Waals surface area contributed by atoms with Crippen LogP contribution in [0.5, 0.6) is 0 Å². The Morgan fingerprint density at radius 2 is 2.10 bits per heavy atom. The highest BCUT2D eigenvalue weighted by Crippen LogP contribution is 2.47. The zero-order valence-electron chi connectivity index (χ0n) is 11.2. The Morgan fingerprint density at radius 1 is 1.45 bits per heavy atom. The van der Waals surface area contributed by atoms with Crippen LogP contribution in [0, 0.1) is 15.5 Å². The molecule has 1 aromatic heterocycles. The fraction of sp³-hybridized carbons (Fsp3) is 0.667. The Balaban J connectivity index is 2.56. The maximum absolute atomic E-state index is 12.3. The van der Waals surface area contributed by atoms with Gasteiger partial charge in [-0.1, -0.05) is 6.92 Å². The second kappa shape index (κ2) is 5.43. The molecule has 0 unspecified atom stereocenters. The van der Waals surface area contributed by atoms with Crippen LogP contribution >= 0.6 is 12.6 Å². The van der Waals surface area contributed by atoms with Crippen molar-refractivity contribution in [1.82, 2.24) is 9.13 Å². The first-order valence-corrected chi connectivity index (χ1v) is 7.17. The lowest BCUT2D eigenvalue weighted by Crippen LogP contribution is -2.42. The van der Waals surface area contributed by atoms with E-state index in [0.717, 1.165) is 23.6 Å². The molecule has 1 aliphatic carbocycles. The van der Waals surface area contributed by atoms with E-state index in [1.165, 1.54) is 4.57 Å². The third-order valence-electron chi connectivity index (χ3n) is 3.67. The van der Waals surface area contributed by atoms with Crippen molar-refractivity contribution in [3.8, 4) is 0 Å². The number of nitrogens with zero attached hydrogens (tertiary/aromatic N) is 3. The molecule has 1 aliphatic rings. The van der Waals surface area contributed by atoms with Crippen LogP contribution in [0.4, 0.5) is 5.69 Å². The van der Waals surface area contributed by atoms with E-state index in [1.807, 2.05) is 6.92 Å². The average Bonchev–Trinajstić information content (AvgIpc) is 3.18. The highest BCUT2D eigenvalue weighted by Gasteiger charge is 2.42. The molecular weight excluding hydrogens is 282 g/mol. The monoisotopic (exact) mass is 299 g/mol. The van der Waals surface area contributed by atoms with E-state index in [0.29, 0.717) is 18.7 Å². The van der Waals surface area contributed by atoms with Crippen LogP contribution in [0.25, 0.3) is 0 Å². The molecule has 0 amide bonds. The normalized spacial score (nSPS) is 16.1. The molecule has 1 fully saturated rings. The Morgan fingerprint density at radius 3 is 2.55 bits per heavy atom. The number of hydrogen-bond donors (Lipinski definition) is 1. The molecule has 0 N–H and O–H groups in total. The van der Waals surface area contributed by atoms with Gasteiger partial charge in [0.15, 0.2) is 0 Å². The van der Waals surface area contributed by atoms with Gasteiger partial charge in [0.1, 0.15) is 0 Å². The molecule has 0 aromatic carbocycles. The molecule has 1 saturated carbocycles. The van der Waals surface area contributed by atoms with E-state index < -0.39 is 21.9 Å². The van der Waals surface area contributed by atoms with Gasteiger partial charge in [-0.15, -0.1) is 0 Å². The molecule has 1 aromatic rings. The van der Waals surface area contributed by atoms with Gasteiger partial charge in [-0.2, -0.15) is 12.6 Å². The van der Waals surface area contributed by atoms with Gasteiger partial charge in [-0.05, 0) is 30.4 Å². The van der Waals surface area contributed by atoms with E-state index in [4.69, 9.17) is 0 Å². The fourth-order valence-corrected chi connectivity index (χ4v) is 2.60. The van der Waals surface area contributed by atoms with Crippen molar-refractivity contribution in [2.24, 2.45) is 5.41 Å². The summed E-state index contributed by atoms with van der Waals surface area (Å²) in [6.45, 7) is 2.43. The quantitative estimate of drug-likeness (QED) is 0.483. The molecular formula is C12H17N3O4S. The van der Waals surface area contributed by atoms with Crippen molar-refractivity contribution in [3.63, 3.8) is 0 Å². The number of nitro groups is 1. The summed E-state index contributed by atoms with van der Waals surface area (Å²) in [5, 5.41) is 11.0. The van der Waals surface area contributed by atoms with Crippen molar-refractivity contribution < 1.29 is 4.92 Å². The second-order valence-electron chi connectivity index (χ2n) is 5.30. The highest BCUT2D eigenvalue weighted by atomic mass is 32.1. The van der Waals surface area contributed by atoms with E-state index in [2.05, 4.69) is 12.6 Å². The van der Waals surface area contributed by atoms with E-state index >= 15 is 0 Å². The van der Waals surface area contributed by atoms with Gasteiger partial charge < -0.3 is 0 Å². The Kier molecular flexibility index (Phi) is 4.03. The Labute approximate surface area is 120 Å². The van der Waals surface area contributed by atoms with Gasteiger partial charge in [-0.3, -0.25) is 24.0 Å². The maximum atomic E-state index is 12.3. The minimum Gasteiger partial charge on any atom is -0.293 e. The lowest BCUT2D eigenvalue weighted by Gasteiger charge is -2.14. The molecule has 1 heterocycles. The largest absolute Gasteiger partial charge is 0.350 e. The molecule has 0 aliphatic heterocycles. The van der Waals surface area contributed by atoms with Crippen molar-refractivity contribution in [3.05, 3.63) is 37.1 Å². The molecule has 8 heteroatoms. The van der Waals surface area contributed by atoms with Crippen LogP contribution in [0.1, 0.15) is 26.2 Å². The second-order valence-corrected chi connectivity index (χ2v) is 5.61. The first kappa shape index (κ1) is 14.8. The van der Waals surface area contributed by atoms with E-state index in [-0.39, 0.29) is 12.0 Å². The molecule has 0 atom stereocenters. The zero-order valence-corrected chi connectivity index (χ0v) is 12.1. The average molecular weight is 299 g/mol. The third-order valence-corrected chi connectivity index (χ3v) is 4.34. The molecule has 0 bridgehead atoms. The van der Waals surface area contributed by atoms with E-state index in [1.54, 1.807) is 0 Å². The van der Waals surface area contributed by atoms with Crippen LogP contribution in [-0.4, -0.2) is 19.8 Å². The summed E-state index contributed by atoms with van der Waals surface area (Å²) in [6, 6.07) is 0. The lowest BCUT2D eigenvalue weighted by atomic mass is 10.1. The van der Waals surface area contributed by atoms with Gasteiger partial charge in [0.05, 0.1) is 11.1 Å². The minimum absolute atomic E-state index is 0.161. The molecule has 0 spiro atoms. The van der Waals surface area contributed by atoms with Crippen molar-refractivity contribution >= 4 is 18.3 Å². The van der Waals surface area contributed by atoms with Gasteiger partial charge in [-0.25, -0.2) is 4.79 Å². The Bertz CT molecular complexity index is 645. The number of rotatable bonds is 6. The predicted molar refractivity (Wildman–Crippen MR) is 77.4 cm³/mol. The van der Waals surface area contributed by atoms with Gasteiger partial charge in [0, 0.05) is 13.1 Å². The van der Waals surface area contributed by atoms with Crippen LogP contribution in [0.3, 0.4) is 0 Å². The molecule has 110 valence electrons. The lowest BCUT2D eigenvalue weighted by molar-refractivity contribution is -0.387. The Hall–Kier alpha value is -1.57. The number of thiol groups is 1. The summed E-state index contributed by atoms with van der Waals surface area (Å²) < 4.78 is 2.24. The summed E-state index contributed by atoms with van der Waals surface area (Å²) in [5.41, 5.74) is -2.00. The van der Waals surface area contributed by atoms with Gasteiger partial charge >= 0.3 is 16.9 Å². The molecule has 20 heavy (non-hydrogen) atoms. The highest BCUT2D eigenvalue weighted by molar-refractivity contribution is 7.80. The topological polar surface area (TPSA) is 87.1 Å². The van der Waals surface area contributed by atoms with E-state index in [9.17, 15) is 19.7 Å². The zero-order chi connectivity index (χ0) is 14.9. The van der Waals surface area contributed by atoms with Crippen LogP contribution in [0.15, 0.2) is 15.8 Å². The maximum Gasteiger partial charge on any atom is 0.350 e. The fourth-order valence-electron chi connectivity index (χ4n) is 2.18. The SMILES string of the molecule is CCCn1cc([N+](=O)[O-])c(=O)n(CC2(CS)CC2)c1=O. The summed E-state index contributed by atoms with van der Waals surface area (Å²) in [7, 11) is 0. The number of hydrogen-bond acceptors (Lipinski definition) is 5. The minimum atomic E-state index is -0.819. The van der Waals surface area contributed by atoms with Crippen LogP contribution in [-0.2, 0) is 13.1 Å². The summed E-state index contributed by atoms with van der Waals surface area (Å²) in [6.07, 6.45) is 3.48. The molecule has 0 saturated heterocycles. The first-order chi connectivity index (χ1) is 9.44. The van der Waals surface area contributed by atoms with Crippen molar-refractivity contribution in [2.75, 3.05) is 5.75 Å². The smallest absolute Gasteiger partial charge is 0.293 e. The molecule has 7 nitrogen and oxygen atoms in total. The van der Waals surface area contributed by atoms with Crippen LogP contribution in [0.2, 0.25) is 0 Å². The number of aromatic nitrogens is 2. The standard InChI is InChI=1S/C12H17N3O4S/c1-2-5-13-6-9(15(18)19)10(16)14(11(13)17)7-12(8-20)3-4-12/h6,20H,2-5,7-8H2,1H3. The summed E-state index contributed by atoms with van der Waals surface area (Å²) >= 11 is 4.24. The number of aryl methyl sites for hydroxylation is 1. The molecule has 0 radical (unpaired) electrons. The van der Waals surface area contributed by atoms with Crippen LogP contribution < -0.4 is 11.2 Å². The van der Waals surface area contributed by atoms with Crippen molar-refractivity contribution in [2.45, 2.75) is 39.3 Å². The molecule has 2 rings (SSSR count).